The van der Waals surface area contributed by atoms with Crippen molar-refractivity contribution < 1.29 is 4.42 Å². The summed E-state index contributed by atoms with van der Waals surface area (Å²) >= 11 is 3.51. The Kier molecular flexibility index (Phi) is 4.34. The monoisotopic (exact) mass is 408 g/mol. The molecule has 1 aromatic carbocycles. The molecule has 0 aliphatic rings. The number of rotatable bonds is 4. The van der Waals surface area contributed by atoms with Crippen LogP contribution < -0.4 is 4.90 Å². The number of pyridine rings is 1. The average Bonchev–Trinajstić information content (AvgIpc) is 3.27. The van der Waals surface area contributed by atoms with Gasteiger partial charge in [0.25, 0.3) is 0 Å². The SMILES string of the molecule is CN(C)c1ccc(C=Nc2c(-c3ccco3)nc3ccc(Br)cn23)cc1. The summed E-state index contributed by atoms with van der Waals surface area (Å²) in [6, 6.07) is 15.9. The third kappa shape index (κ3) is 3.15. The van der Waals surface area contributed by atoms with Crippen LogP contribution in [0.4, 0.5) is 11.5 Å². The highest BCUT2D eigenvalue weighted by atomic mass is 79.9. The number of nitrogens with zero attached hydrogens (tertiary/aromatic N) is 4. The second kappa shape index (κ2) is 6.80. The summed E-state index contributed by atoms with van der Waals surface area (Å²) in [5.41, 5.74) is 3.70. The van der Waals surface area contributed by atoms with E-state index in [1.54, 1.807) is 6.26 Å². The lowest BCUT2D eigenvalue weighted by Crippen LogP contribution is -2.08. The molecule has 0 radical (unpaired) electrons. The van der Waals surface area contributed by atoms with Gasteiger partial charge >= 0.3 is 0 Å². The fourth-order valence-electron chi connectivity index (χ4n) is 2.70. The van der Waals surface area contributed by atoms with E-state index in [2.05, 4.69) is 37.9 Å². The van der Waals surface area contributed by atoms with Gasteiger partial charge in [0.1, 0.15) is 5.65 Å². The minimum absolute atomic E-state index is 0.694. The van der Waals surface area contributed by atoms with Crippen molar-refractivity contribution in [3.8, 4) is 11.5 Å². The molecule has 0 aliphatic carbocycles. The van der Waals surface area contributed by atoms with Crippen molar-refractivity contribution in [2.75, 3.05) is 19.0 Å². The molecule has 130 valence electrons. The predicted molar refractivity (Wildman–Crippen MR) is 109 cm³/mol. The molecular formula is C20H17BrN4O. The van der Waals surface area contributed by atoms with Crippen molar-refractivity contribution in [3.63, 3.8) is 0 Å². The normalized spacial score (nSPS) is 11.5. The Labute approximate surface area is 159 Å². The molecule has 0 fully saturated rings. The number of aromatic nitrogens is 2. The largest absolute Gasteiger partial charge is 0.463 e. The zero-order chi connectivity index (χ0) is 18.1. The van der Waals surface area contributed by atoms with Crippen LogP contribution in [-0.2, 0) is 0 Å². The van der Waals surface area contributed by atoms with E-state index < -0.39 is 0 Å². The molecule has 0 aliphatic heterocycles. The summed E-state index contributed by atoms with van der Waals surface area (Å²) in [5, 5.41) is 0. The topological polar surface area (TPSA) is 46.0 Å². The second-order valence-electron chi connectivity index (χ2n) is 6.08. The summed E-state index contributed by atoms with van der Waals surface area (Å²) < 4.78 is 8.46. The van der Waals surface area contributed by atoms with E-state index in [1.807, 2.05) is 67.3 Å². The molecule has 0 saturated carbocycles. The molecule has 0 N–H and O–H groups in total. The number of furan rings is 1. The fraction of sp³-hybridized carbons (Fsp3) is 0.100. The van der Waals surface area contributed by atoms with Crippen LogP contribution in [0.15, 0.2) is 74.9 Å². The van der Waals surface area contributed by atoms with E-state index in [0.29, 0.717) is 11.5 Å². The van der Waals surface area contributed by atoms with Crippen molar-refractivity contribution in [2.45, 2.75) is 0 Å². The van der Waals surface area contributed by atoms with Gasteiger partial charge in [-0.2, -0.15) is 0 Å². The molecule has 0 unspecified atom stereocenters. The molecule has 0 atom stereocenters. The predicted octanol–water partition coefficient (Wildman–Crippen LogP) is 5.17. The molecule has 3 aromatic heterocycles. The van der Waals surface area contributed by atoms with Crippen LogP contribution in [0.3, 0.4) is 0 Å². The molecule has 0 saturated heterocycles. The van der Waals surface area contributed by atoms with Gasteiger partial charge < -0.3 is 9.32 Å². The van der Waals surface area contributed by atoms with E-state index in [-0.39, 0.29) is 0 Å². The first kappa shape index (κ1) is 16.6. The van der Waals surface area contributed by atoms with Gasteiger partial charge in [-0.3, -0.25) is 4.40 Å². The highest BCUT2D eigenvalue weighted by Crippen LogP contribution is 2.32. The summed E-state index contributed by atoms with van der Waals surface area (Å²) in [7, 11) is 4.05. The lowest BCUT2D eigenvalue weighted by Gasteiger charge is -2.11. The van der Waals surface area contributed by atoms with Crippen molar-refractivity contribution >= 4 is 39.3 Å². The summed E-state index contributed by atoms with van der Waals surface area (Å²) in [6.45, 7) is 0. The number of fused-ring (bicyclic) bond motifs is 1. The highest BCUT2D eigenvalue weighted by Gasteiger charge is 2.15. The first-order chi connectivity index (χ1) is 12.6. The van der Waals surface area contributed by atoms with Gasteiger partial charge in [0.15, 0.2) is 17.3 Å². The molecule has 4 rings (SSSR count). The smallest absolute Gasteiger partial charge is 0.168 e. The van der Waals surface area contributed by atoms with Crippen LogP contribution in [0.1, 0.15) is 5.56 Å². The zero-order valence-electron chi connectivity index (χ0n) is 14.4. The minimum atomic E-state index is 0.694. The summed E-state index contributed by atoms with van der Waals surface area (Å²) in [6.07, 6.45) is 5.44. The van der Waals surface area contributed by atoms with E-state index in [0.717, 1.165) is 27.2 Å². The molecule has 3 heterocycles. The fourth-order valence-corrected chi connectivity index (χ4v) is 3.04. The number of imidazole rings is 1. The Morgan fingerprint density at radius 1 is 1.12 bits per heavy atom. The Balaban J connectivity index is 1.79. The van der Waals surface area contributed by atoms with Crippen LogP contribution >= 0.6 is 15.9 Å². The van der Waals surface area contributed by atoms with Crippen molar-refractivity contribution in [3.05, 3.63) is 71.0 Å². The molecule has 4 aromatic rings. The lowest BCUT2D eigenvalue weighted by molar-refractivity contribution is 0.580. The van der Waals surface area contributed by atoms with Gasteiger partial charge in [0.05, 0.1) is 6.26 Å². The van der Waals surface area contributed by atoms with Gasteiger partial charge in [0.2, 0.25) is 0 Å². The van der Waals surface area contributed by atoms with Crippen LogP contribution in [0.25, 0.3) is 17.1 Å². The van der Waals surface area contributed by atoms with E-state index in [9.17, 15) is 0 Å². The summed E-state index contributed by atoms with van der Waals surface area (Å²) in [4.78, 5) is 11.5. The van der Waals surface area contributed by atoms with Crippen LogP contribution in [-0.4, -0.2) is 29.7 Å². The maximum Gasteiger partial charge on any atom is 0.168 e. The Morgan fingerprint density at radius 2 is 1.92 bits per heavy atom. The van der Waals surface area contributed by atoms with Gasteiger partial charge in [-0.25, -0.2) is 9.98 Å². The Hall–Kier alpha value is -2.86. The molecule has 0 spiro atoms. The minimum Gasteiger partial charge on any atom is -0.463 e. The number of halogens is 1. The van der Waals surface area contributed by atoms with Gasteiger partial charge in [-0.15, -0.1) is 0 Å². The first-order valence-electron chi connectivity index (χ1n) is 8.15. The van der Waals surface area contributed by atoms with E-state index >= 15 is 0 Å². The maximum absolute atomic E-state index is 5.55. The number of hydrogen-bond donors (Lipinski definition) is 0. The quantitative estimate of drug-likeness (QED) is 0.437. The van der Waals surface area contributed by atoms with Gasteiger partial charge in [0, 0.05) is 36.7 Å². The number of anilines is 1. The second-order valence-corrected chi connectivity index (χ2v) is 7.00. The number of aliphatic imine (C=N–C) groups is 1. The van der Waals surface area contributed by atoms with Crippen LogP contribution in [0.2, 0.25) is 0 Å². The Bertz CT molecular complexity index is 1060. The number of hydrogen-bond acceptors (Lipinski definition) is 4. The number of benzene rings is 1. The molecule has 26 heavy (non-hydrogen) atoms. The van der Waals surface area contributed by atoms with Gasteiger partial charge in [-0.1, -0.05) is 12.1 Å². The van der Waals surface area contributed by atoms with Gasteiger partial charge in [-0.05, 0) is 57.9 Å². The molecule has 5 nitrogen and oxygen atoms in total. The third-order valence-corrected chi connectivity index (χ3v) is 4.53. The average molecular weight is 409 g/mol. The summed E-state index contributed by atoms with van der Waals surface area (Å²) in [5.74, 6) is 1.42. The van der Waals surface area contributed by atoms with E-state index in [1.165, 1.54) is 0 Å². The molecule has 0 bridgehead atoms. The molecular weight excluding hydrogens is 392 g/mol. The van der Waals surface area contributed by atoms with Crippen LogP contribution in [0, 0.1) is 0 Å². The third-order valence-electron chi connectivity index (χ3n) is 4.06. The van der Waals surface area contributed by atoms with Crippen LogP contribution in [0.5, 0.6) is 0 Å². The Morgan fingerprint density at radius 3 is 2.62 bits per heavy atom. The standard InChI is InChI=1S/C20H17BrN4O/c1-24(2)16-8-5-14(6-9-16)12-22-20-19(17-4-3-11-26-17)23-18-10-7-15(21)13-25(18)20/h3-13H,1-2H3. The molecule has 6 heteroatoms. The van der Waals surface area contributed by atoms with Crippen molar-refractivity contribution in [1.82, 2.24) is 9.38 Å². The maximum atomic E-state index is 5.55. The zero-order valence-corrected chi connectivity index (χ0v) is 16.0. The molecule has 0 amide bonds. The highest BCUT2D eigenvalue weighted by molar-refractivity contribution is 9.10. The first-order valence-corrected chi connectivity index (χ1v) is 8.94. The lowest BCUT2D eigenvalue weighted by atomic mass is 10.2. The van der Waals surface area contributed by atoms with E-state index in [4.69, 9.17) is 9.41 Å². The van der Waals surface area contributed by atoms with Crippen molar-refractivity contribution in [1.29, 1.82) is 0 Å². The van der Waals surface area contributed by atoms with Crippen molar-refractivity contribution in [2.24, 2.45) is 4.99 Å².